The molecule has 126 valence electrons. The number of allylic oxidation sites excluding steroid dienone is 1. The zero-order valence-corrected chi connectivity index (χ0v) is 15.2. The zero-order chi connectivity index (χ0) is 17.6. The number of ether oxygens (including phenoxy) is 2. The van der Waals surface area contributed by atoms with E-state index in [2.05, 4.69) is 20.4 Å². The lowest BCUT2D eigenvalue weighted by molar-refractivity contribution is 0.101. The summed E-state index contributed by atoms with van der Waals surface area (Å²) >= 11 is 0. The van der Waals surface area contributed by atoms with E-state index in [1.165, 1.54) is 0 Å². The minimum atomic E-state index is 0.0101. The lowest BCUT2D eigenvalue weighted by Crippen LogP contribution is -2.10. The van der Waals surface area contributed by atoms with Gasteiger partial charge in [0.2, 0.25) is 0 Å². The topological polar surface area (TPSA) is 35.5 Å². The molecule has 0 aromatic heterocycles. The molecule has 0 amide bonds. The minimum absolute atomic E-state index is 0.0101. The fourth-order valence-electron chi connectivity index (χ4n) is 1.96. The Morgan fingerprint density at radius 3 is 2.43 bits per heavy atom. The van der Waals surface area contributed by atoms with Gasteiger partial charge in [0.1, 0.15) is 5.75 Å². The summed E-state index contributed by atoms with van der Waals surface area (Å²) in [5.74, 6) is 2.26. The molecule has 23 heavy (non-hydrogen) atoms. The van der Waals surface area contributed by atoms with Crippen molar-refractivity contribution in [2.75, 3.05) is 6.61 Å². The van der Waals surface area contributed by atoms with Crippen molar-refractivity contribution in [2.24, 2.45) is 5.92 Å². The van der Waals surface area contributed by atoms with Crippen LogP contribution >= 0.6 is 0 Å². The Morgan fingerprint density at radius 1 is 1.26 bits per heavy atom. The van der Waals surface area contributed by atoms with Crippen LogP contribution in [0.5, 0.6) is 5.75 Å². The van der Waals surface area contributed by atoms with Gasteiger partial charge in [0.05, 0.1) is 6.61 Å². The molecule has 0 aliphatic rings. The first kappa shape index (κ1) is 19.0. The number of aryl methyl sites for hydroxylation is 1. The van der Waals surface area contributed by atoms with E-state index in [1.807, 2.05) is 26.8 Å². The summed E-state index contributed by atoms with van der Waals surface area (Å²) in [6, 6.07) is 5.43. The van der Waals surface area contributed by atoms with Gasteiger partial charge in [-0.2, -0.15) is 0 Å². The van der Waals surface area contributed by atoms with E-state index in [-0.39, 0.29) is 5.78 Å². The van der Waals surface area contributed by atoms with Crippen LogP contribution in [0.25, 0.3) is 0 Å². The Morgan fingerprint density at radius 2 is 1.91 bits per heavy atom. The third-order valence-corrected chi connectivity index (χ3v) is 3.74. The second-order valence-corrected chi connectivity index (χ2v) is 6.22. The lowest BCUT2D eigenvalue weighted by Gasteiger charge is -2.19. The molecule has 0 bridgehead atoms. The van der Waals surface area contributed by atoms with Gasteiger partial charge in [-0.25, -0.2) is 0 Å². The van der Waals surface area contributed by atoms with Crippen LogP contribution in [0.2, 0.25) is 0 Å². The first-order valence-corrected chi connectivity index (χ1v) is 8.05. The first-order chi connectivity index (χ1) is 10.8. The highest BCUT2D eigenvalue weighted by atomic mass is 16.5. The molecule has 0 heterocycles. The molecule has 1 atom stereocenters. The molecule has 3 nitrogen and oxygen atoms in total. The van der Waals surface area contributed by atoms with Crippen molar-refractivity contribution >= 4 is 5.78 Å². The Balaban J connectivity index is 2.94. The fraction of sp³-hybridized carbons (Fsp3) is 0.450. The smallest absolute Gasteiger partial charge is 0.162 e. The van der Waals surface area contributed by atoms with E-state index >= 15 is 0 Å². The third-order valence-electron chi connectivity index (χ3n) is 3.74. The average Bonchev–Trinajstić information content (AvgIpc) is 2.48. The second kappa shape index (κ2) is 8.56. The van der Waals surface area contributed by atoms with E-state index < -0.39 is 0 Å². The number of hydrogen-bond donors (Lipinski definition) is 0. The van der Waals surface area contributed by atoms with E-state index in [0.717, 1.165) is 17.6 Å². The van der Waals surface area contributed by atoms with E-state index in [0.29, 0.717) is 35.4 Å². The van der Waals surface area contributed by atoms with Crippen LogP contribution in [0, 0.1) is 12.8 Å². The minimum Gasteiger partial charge on any atom is -0.489 e. The predicted molar refractivity (Wildman–Crippen MR) is 94.7 cm³/mol. The lowest BCUT2D eigenvalue weighted by atomic mass is 10.1. The largest absolute Gasteiger partial charge is 0.489 e. The molecular formula is C20H28O3. The van der Waals surface area contributed by atoms with Gasteiger partial charge in [-0.3, -0.25) is 4.79 Å². The van der Waals surface area contributed by atoms with Crippen molar-refractivity contribution in [1.29, 1.82) is 0 Å². The molecule has 0 spiro atoms. The van der Waals surface area contributed by atoms with Crippen molar-refractivity contribution in [3.05, 3.63) is 53.0 Å². The Hall–Kier alpha value is -2.03. The van der Waals surface area contributed by atoms with Crippen LogP contribution < -0.4 is 4.74 Å². The molecule has 0 fully saturated rings. The molecule has 0 unspecified atom stereocenters. The van der Waals surface area contributed by atoms with E-state index in [9.17, 15) is 4.79 Å². The van der Waals surface area contributed by atoms with Crippen molar-refractivity contribution < 1.29 is 14.3 Å². The molecule has 0 saturated carbocycles. The first-order valence-electron chi connectivity index (χ1n) is 8.05. The van der Waals surface area contributed by atoms with Gasteiger partial charge in [0.25, 0.3) is 0 Å². The fourth-order valence-corrected chi connectivity index (χ4v) is 1.96. The van der Waals surface area contributed by atoms with Gasteiger partial charge < -0.3 is 9.47 Å². The van der Waals surface area contributed by atoms with Gasteiger partial charge in [-0.15, -0.1) is 0 Å². The predicted octanol–water partition coefficient (Wildman–Crippen LogP) is 5.45. The monoisotopic (exact) mass is 316 g/mol. The number of hydrogen-bond acceptors (Lipinski definition) is 3. The van der Waals surface area contributed by atoms with Crippen LogP contribution in [0.1, 0.15) is 57.0 Å². The van der Waals surface area contributed by atoms with Gasteiger partial charge in [-0.1, -0.05) is 39.0 Å². The summed E-state index contributed by atoms with van der Waals surface area (Å²) in [6.45, 7) is 16.3. The van der Waals surface area contributed by atoms with Crippen molar-refractivity contribution in [3.8, 4) is 5.75 Å². The number of ketones is 1. The highest BCUT2D eigenvalue weighted by Crippen LogP contribution is 2.26. The summed E-state index contributed by atoms with van der Waals surface area (Å²) < 4.78 is 11.8. The normalized spacial score (nSPS) is 11.6. The number of Topliss-reactive ketones (excluding diaryl/α,β-unsaturated/α-hetero) is 1. The molecule has 1 aromatic rings. The summed E-state index contributed by atoms with van der Waals surface area (Å²) in [5.41, 5.74) is 2.59. The highest BCUT2D eigenvalue weighted by molar-refractivity contribution is 5.94. The molecule has 0 aliphatic heterocycles. The molecule has 0 radical (unpaired) electrons. The van der Waals surface area contributed by atoms with Crippen LogP contribution in [-0.4, -0.2) is 12.4 Å². The number of rotatable bonds is 8. The molecule has 3 heteroatoms. The number of carbonyl (C=O) groups is 1. The van der Waals surface area contributed by atoms with Crippen molar-refractivity contribution in [1.82, 2.24) is 0 Å². The maximum atomic E-state index is 11.5. The second-order valence-electron chi connectivity index (χ2n) is 6.22. The Bertz CT molecular complexity index is 607. The SMILES string of the molecule is C=C(Oc1cc(C(C)=O)ccc1C)C(OC[C@H](C)CC)=C(C)C. The molecule has 0 N–H and O–H groups in total. The van der Waals surface area contributed by atoms with Gasteiger partial charge in [0.15, 0.2) is 17.3 Å². The quantitative estimate of drug-likeness (QED) is 0.363. The third kappa shape index (κ3) is 5.59. The molecule has 0 aliphatic carbocycles. The van der Waals surface area contributed by atoms with Crippen LogP contribution in [0.15, 0.2) is 41.9 Å². The Labute approximate surface area is 140 Å². The van der Waals surface area contributed by atoms with Crippen LogP contribution in [0.4, 0.5) is 0 Å². The number of benzene rings is 1. The maximum absolute atomic E-state index is 11.5. The summed E-state index contributed by atoms with van der Waals surface area (Å²) in [4.78, 5) is 11.5. The Kier molecular flexibility index (Phi) is 7.08. The van der Waals surface area contributed by atoms with Crippen molar-refractivity contribution in [3.63, 3.8) is 0 Å². The summed E-state index contributed by atoms with van der Waals surface area (Å²) in [7, 11) is 0. The molecule has 1 rings (SSSR count). The summed E-state index contributed by atoms with van der Waals surface area (Å²) in [6.07, 6.45) is 1.06. The van der Waals surface area contributed by atoms with E-state index in [1.54, 1.807) is 19.1 Å². The van der Waals surface area contributed by atoms with Crippen molar-refractivity contribution in [2.45, 2.75) is 48.0 Å². The maximum Gasteiger partial charge on any atom is 0.162 e. The molecule has 0 saturated heterocycles. The van der Waals surface area contributed by atoms with Crippen LogP contribution in [-0.2, 0) is 4.74 Å². The average molecular weight is 316 g/mol. The zero-order valence-electron chi connectivity index (χ0n) is 15.2. The summed E-state index contributed by atoms with van der Waals surface area (Å²) in [5, 5.41) is 0. The molecular weight excluding hydrogens is 288 g/mol. The molecule has 1 aromatic carbocycles. The van der Waals surface area contributed by atoms with Gasteiger partial charge in [0, 0.05) is 5.56 Å². The number of carbonyl (C=O) groups excluding carboxylic acids is 1. The van der Waals surface area contributed by atoms with Crippen LogP contribution in [0.3, 0.4) is 0 Å². The van der Waals surface area contributed by atoms with E-state index in [4.69, 9.17) is 9.47 Å². The highest BCUT2D eigenvalue weighted by Gasteiger charge is 2.13. The standard InChI is InChI=1S/C20H28O3/c1-8-14(4)12-22-20(13(2)3)17(7)23-19-11-18(16(6)21)10-9-15(19)5/h9-11,14H,7-8,12H2,1-6H3/t14-/m1/s1. The van der Waals surface area contributed by atoms with Gasteiger partial charge >= 0.3 is 0 Å². The van der Waals surface area contributed by atoms with Gasteiger partial charge in [-0.05, 0) is 50.8 Å².